The van der Waals surface area contributed by atoms with Crippen LogP contribution in [-0.4, -0.2) is 56.0 Å². The number of nitrogens with one attached hydrogen (secondary N) is 1. The van der Waals surface area contributed by atoms with Crippen molar-refractivity contribution in [2.45, 2.75) is 32.7 Å². The molecular formula is C25H27N3O7S3. The molecule has 0 fully saturated rings. The van der Waals surface area contributed by atoms with E-state index in [2.05, 4.69) is 16.9 Å². The predicted molar refractivity (Wildman–Crippen MR) is 147 cm³/mol. The lowest BCUT2D eigenvalue weighted by atomic mass is 10.1. The Morgan fingerprint density at radius 1 is 1.21 bits per heavy atom. The molecule has 4 rings (SSSR count). The van der Waals surface area contributed by atoms with Gasteiger partial charge < -0.3 is 19.4 Å². The zero-order chi connectivity index (χ0) is 27.4. The number of methoxy groups -OCH3 is 1. The van der Waals surface area contributed by atoms with E-state index in [1.165, 1.54) is 22.7 Å². The molecule has 202 valence electrons. The highest BCUT2D eigenvalue weighted by atomic mass is 32.2. The summed E-state index contributed by atoms with van der Waals surface area (Å²) in [6, 6.07) is 5.40. The van der Waals surface area contributed by atoms with Crippen LogP contribution in [0.25, 0.3) is 10.2 Å². The van der Waals surface area contributed by atoms with E-state index in [0.717, 1.165) is 33.5 Å². The van der Waals surface area contributed by atoms with Gasteiger partial charge in [0.05, 0.1) is 29.5 Å². The average molecular weight is 578 g/mol. The highest BCUT2D eigenvalue weighted by Crippen LogP contribution is 2.39. The summed E-state index contributed by atoms with van der Waals surface area (Å²) < 4.78 is 38.3. The van der Waals surface area contributed by atoms with Crippen LogP contribution < -0.4 is 14.9 Å². The maximum Gasteiger partial charge on any atom is 0.341 e. The number of carbonyl (C=O) groups excluding carboxylic acids is 3. The summed E-state index contributed by atoms with van der Waals surface area (Å²) in [6.07, 6.45) is 4.03. The minimum atomic E-state index is -4.14. The molecular weight excluding hydrogens is 550 g/mol. The van der Waals surface area contributed by atoms with Gasteiger partial charge in [0.25, 0.3) is 5.91 Å². The molecule has 0 bridgehead atoms. The summed E-state index contributed by atoms with van der Waals surface area (Å²) in [4.78, 5) is 43.1. The molecule has 1 aromatic carbocycles. The van der Waals surface area contributed by atoms with Crippen LogP contribution in [0.5, 0.6) is 5.75 Å². The Labute approximate surface area is 227 Å². The SMILES string of the molecule is C=CCn1c(=NC(=O)CS(=O)(=O)CC(=O)Nc2sc3c(c2C(=O)OCC)CCC3)sc2cc(OC)ccc21. The van der Waals surface area contributed by atoms with Crippen molar-refractivity contribution in [3.05, 3.63) is 51.7 Å². The number of sulfone groups is 1. The van der Waals surface area contributed by atoms with Gasteiger partial charge in [-0.05, 0) is 49.9 Å². The van der Waals surface area contributed by atoms with Crippen molar-refractivity contribution in [3.8, 4) is 5.75 Å². The molecule has 0 spiro atoms. The molecule has 13 heteroatoms. The highest BCUT2D eigenvalue weighted by Gasteiger charge is 2.29. The summed E-state index contributed by atoms with van der Waals surface area (Å²) in [5.74, 6) is -3.49. The number of aromatic nitrogens is 1. The lowest BCUT2D eigenvalue weighted by Crippen LogP contribution is -2.28. The van der Waals surface area contributed by atoms with Crippen LogP contribution in [-0.2, 0) is 43.5 Å². The molecule has 2 amide bonds. The third-order valence-corrected chi connectivity index (χ3v) is 9.41. The number of thiazole rings is 1. The first-order chi connectivity index (χ1) is 18.2. The van der Waals surface area contributed by atoms with Gasteiger partial charge in [-0.1, -0.05) is 17.4 Å². The second-order valence-electron chi connectivity index (χ2n) is 8.49. The van der Waals surface area contributed by atoms with Crippen molar-refractivity contribution in [3.63, 3.8) is 0 Å². The molecule has 1 N–H and O–H groups in total. The number of esters is 1. The number of hydrogen-bond donors (Lipinski definition) is 1. The van der Waals surface area contributed by atoms with Gasteiger partial charge in [-0.15, -0.1) is 17.9 Å². The van der Waals surface area contributed by atoms with Crippen molar-refractivity contribution in [2.75, 3.05) is 30.5 Å². The number of nitrogens with zero attached hydrogens (tertiary/aromatic N) is 2. The lowest BCUT2D eigenvalue weighted by molar-refractivity contribution is -0.115. The number of aryl methyl sites for hydroxylation is 1. The van der Waals surface area contributed by atoms with Crippen LogP contribution >= 0.6 is 22.7 Å². The Morgan fingerprint density at radius 3 is 2.71 bits per heavy atom. The number of anilines is 1. The number of hydrogen-bond acceptors (Lipinski definition) is 9. The van der Waals surface area contributed by atoms with Crippen molar-refractivity contribution in [1.82, 2.24) is 4.57 Å². The van der Waals surface area contributed by atoms with E-state index in [9.17, 15) is 22.8 Å². The van der Waals surface area contributed by atoms with Crippen molar-refractivity contribution < 1.29 is 32.3 Å². The zero-order valence-electron chi connectivity index (χ0n) is 20.9. The first kappa shape index (κ1) is 27.7. The maximum absolute atomic E-state index is 12.7. The van der Waals surface area contributed by atoms with E-state index in [1.807, 2.05) is 6.07 Å². The fraction of sp³-hybridized carbons (Fsp3) is 0.360. The van der Waals surface area contributed by atoms with E-state index >= 15 is 0 Å². The smallest absolute Gasteiger partial charge is 0.341 e. The summed E-state index contributed by atoms with van der Waals surface area (Å²) in [5.41, 5.74) is 1.92. The van der Waals surface area contributed by atoms with Crippen LogP contribution in [0.4, 0.5) is 5.00 Å². The van der Waals surface area contributed by atoms with E-state index in [-0.39, 0.29) is 17.2 Å². The number of benzene rings is 1. The van der Waals surface area contributed by atoms with Crippen LogP contribution in [0.2, 0.25) is 0 Å². The lowest BCUT2D eigenvalue weighted by Gasteiger charge is -2.08. The quantitative estimate of drug-likeness (QED) is 0.289. The van der Waals surface area contributed by atoms with Gasteiger partial charge in [-0.3, -0.25) is 9.59 Å². The normalized spacial score (nSPS) is 13.4. The highest BCUT2D eigenvalue weighted by molar-refractivity contribution is 7.92. The van der Waals surface area contributed by atoms with Gasteiger partial charge in [0.2, 0.25) is 5.91 Å². The Morgan fingerprint density at radius 2 is 2.00 bits per heavy atom. The Bertz CT molecular complexity index is 1600. The van der Waals surface area contributed by atoms with Gasteiger partial charge in [-0.25, -0.2) is 13.2 Å². The first-order valence-electron chi connectivity index (χ1n) is 11.8. The topological polar surface area (TPSA) is 133 Å². The summed E-state index contributed by atoms with van der Waals surface area (Å²) in [5, 5.41) is 2.82. The maximum atomic E-state index is 12.7. The van der Waals surface area contributed by atoms with Crippen LogP contribution in [0.3, 0.4) is 0 Å². The van der Waals surface area contributed by atoms with Crippen molar-refractivity contribution in [1.29, 1.82) is 0 Å². The van der Waals surface area contributed by atoms with E-state index in [4.69, 9.17) is 9.47 Å². The number of ether oxygens (including phenoxy) is 2. The minimum absolute atomic E-state index is 0.178. The Hall–Kier alpha value is -3.29. The van der Waals surface area contributed by atoms with Crippen LogP contribution in [0, 0.1) is 0 Å². The van der Waals surface area contributed by atoms with Gasteiger partial charge in [0, 0.05) is 11.4 Å². The van der Waals surface area contributed by atoms with E-state index in [1.54, 1.807) is 36.8 Å². The summed E-state index contributed by atoms with van der Waals surface area (Å²) in [6.45, 7) is 5.96. The minimum Gasteiger partial charge on any atom is -0.497 e. The van der Waals surface area contributed by atoms with Crippen molar-refractivity contribution >= 4 is 65.5 Å². The molecule has 1 aliphatic carbocycles. The molecule has 0 radical (unpaired) electrons. The monoisotopic (exact) mass is 577 g/mol. The number of allylic oxidation sites excluding steroid dienone is 1. The third kappa shape index (κ3) is 6.05. The molecule has 2 aromatic heterocycles. The molecule has 10 nitrogen and oxygen atoms in total. The van der Waals surface area contributed by atoms with Gasteiger partial charge >= 0.3 is 5.97 Å². The molecule has 0 aliphatic heterocycles. The number of fused-ring (bicyclic) bond motifs is 2. The molecule has 38 heavy (non-hydrogen) atoms. The fourth-order valence-electron chi connectivity index (χ4n) is 4.22. The standard InChI is InChI=1S/C25H27N3O7S3/c1-4-11-28-17-10-9-15(34-3)12-19(17)37-25(28)27-21(30)14-38(32,33)13-20(29)26-23-22(24(31)35-5-2)16-7-6-8-18(16)36-23/h4,9-10,12H,1,5-8,11,13-14H2,2-3H3,(H,26,29). The predicted octanol–water partition coefficient (Wildman–Crippen LogP) is 3.11. The average Bonchev–Trinajstić information content (AvgIpc) is 3.51. The van der Waals surface area contributed by atoms with Gasteiger partial charge in [-0.2, -0.15) is 4.99 Å². The summed E-state index contributed by atoms with van der Waals surface area (Å²) in [7, 11) is -2.59. The zero-order valence-corrected chi connectivity index (χ0v) is 23.4. The molecule has 3 aromatic rings. The van der Waals surface area contributed by atoms with Crippen LogP contribution in [0.1, 0.15) is 34.1 Å². The third-order valence-electron chi connectivity index (χ3n) is 5.77. The first-order valence-corrected chi connectivity index (χ1v) is 15.3. The molecule has 0 unspecified atom stereocenters. The largest absolute Gasteiger partial charge is 0.497 e. The van der Waals surface area contributed by atoms with Crippen molar-refractivity contribution in [2.24, 2.45) is 4.99 Å². The van der Waals surface area contributed by atoms with Gasteiger partial charge in [0.15, 0.2) is 14.6 Å². The number of thiophene rings is 1. The van der Waals surface area contributed by atoms with E-state index < -0.39 is 39.1 Å². The Kier molecular flexibility index (Phi) is 8.48. The number of rotatable bonds is 10. The number of amides is 2. The molecule has 1 aliphatic rings. The van der Waals surface area contributed by atoms with E-state index in [0.29, 0.717) is 23.5 Å². The fourth-order valence-corrected chi connectivity index (χ4v) is 7.62. The molecule has 2 heterocycles. The molecule has 0 saturated heterocycles. The second kappa shape index (κ2) is 11.6. The van der Waals surface area contributed by atoms with Gasteiger partial charge in [0.1, 0.15) is 22.3 Å². The Balaban J connectivity index is 1.50. The molecule has 0 saturated carbocycles. The number of carbonyl (C=O) groups is 3. The summed E-state index contributed by atoms with van der Waals surface area (Å²) >= 11 is 2.47. The molecule has 0 atom stereocenters. The van der Waals surface area contributed by atoms with Crippen LogP contribution in [0.15, 0.2) is 35.8 Å². The second-order valence-corrected chi connectivity index (χ2v) is 12.7.